The molecule has 0 spiro atoms. The van der Waals surface area contributed by atoms with Gasteiger partial charge in [0.25, 0.3) is 0 Å². The molecule has 0 N–H and O–H groups in total. The minimum Gasteiger partial charge on any atom is -0.482 e. The highest BCUT2D eigenvalue weighted by Crippen LogP contribution is 2.23. The largest absolute Gasteiger partial charge is 0.482 e. The molecule has 0 fully saturated rings. The highest BCUT2D eigenvalue weighted by atomic mass is 127. The summed E-state index contributed by atoms with van der Waals surface area (Å²) >= 11 is 2.02. The first-order chi connectivity index (χ1) is 9.97. The fourth-order valence-corrected chi connectivity index (χ4v) is 1.46. The van der Waals surface area contributed by atoms with Crippen LogP contribution < -0.4 is 9.47 Å². The third-order valence-electron chi connectivity index (χ3n) is 2.30. The van der Waals surface area contributed by atoms with Crippen LogP contribution in [0.5, 0.6) is 11.5 Å². The zero-order chi connectivity index (χ0) is 17.0. The predicted molar refractivity (Wildman–Crippen MR) is 91.5 cm³/mol. The average Bonchev–Trinajstić information content (AvgIpc) is 2.34. The number of hydrogen-bond donors (Lipinski definition) is 0. The Morgan fingerprint density at radius 3 is 1.95 bits per heavy atom. The Morgan fingerprint density at radius 1 is 1.00 bits per heavy atom. The van der Waals surface area contributed by atoms with Gasteiger partial charge < -0.3 is 14.2 Å². The number of hydrogen-bond acceptors (Lipinski definition) is 5. The standard InChI is InChI=1S/C16H21IO5/c1-15(2,3)22-13(18)10-20-11-6-8-12(9-7-11)21-14(19)16(4,5)17/h6-9H,10H2,1-5H3. The second kappa shape index (κ2) is 7.30. The van der Waals surface area contributed by atoms with E-state index in [4.69, 9.17) is 14.2 Å². The van der Waals surface area contributed by atoms with Gasteiger partial charge in [-0.25, -0.2) is 4.79 Å². The van der Waals surface area contributed by atoms with E-state index in [2.05, 4.69) is 0 Å². The molecule has 0 bridgehead atoms. The van der Waals surface area contributed by atoms with Crippen molar-refractivity contribution >= 4 is 34.5 Å². The molecule has 0 aliphatic heterocycles. The highest BCUT2D eigenvalue weighted by molar-refractivity contribution is 14.1. The lowest BCUT2D eigenvalue weighted by molar-refractivity contribution is -0.157. The van der Waals surface area contributed by atoms with Gasteiger partial charge in [-0.05, 0) is 58.9 Å². The number of esters is 2. The van der Waals surface area contributed by atoms with Gasteiger partial charge in [0, 0.05) is 0 Å². The average molecular weight is 420 g/mol. The quantitative estimate of drug-likeness (QED) is 0.316. The minimum atomic E-state index is -0.594. The van der Waals surface area contributed by atoms with Crippen molar-refractivity contribution in [1.82, 2.24) is 0 Å². The van der Waals surface area contributed by atoms with E-state index in [0.29, 0.717) is 11.5 Å². The summed E-state index contributed by atoms with van der Waals surface area (Å²) in [6.45, 7) is 8.76. The van der Waals surface area contributed by atoms with Crippen LogP contribution >= 0.6 is 22.6 Å². The maximum atomic E-state index is 11.7. The molecule has 5 nitrogen and oxygen atoms in total. The second-order valence-electron chi connectivity index (χ2n) is 6.21. The Bertz CT molecular complexity index is 523. The lowest BCUT2D eigenvalue weighted by atomic mass is 10.2. The number of halogens is 1. The van der Waals surface area contributed by atoms with Crippen LogP contribution in [-0.2, 0) is 14.3 Å². The Morgan fingerprint density at radius 2 is 1.50 bits per heavy atom. The van der Waals surface area contributed by atoms with Crippen molar-refractivity contribution in [3.05, 3.63) is 24.3 Å². The van der Waals surface area contributed by atoms with Crippen molar-refractivity contribution in [1.29, 1.82) is 0 Å². The molecule has 0 amide bonds. The molecule has 0 saturated heterocycles. The third kappa shape index (κ3) is 7.11. The third-order valence-corrected chi connectivity index (χ3v) is 2.74. The van der Waals surface area contributed by atoms with Crippen molar-refractivity contribution in [2.45, 2.75) is 43.6 Å². The molecule has 0 aliphatic rings. The second-order valence-corrected chi connectivity index (χ2v) is 8.91. The van der Waals surface area contributed by atoms with Crippen LogP contribution in [-0.4, -0.2) is 27.6 Å². The summed E-state index contributed by atoms with van der Waals surface area (Å²) < 4.78 is 15.1. The van der Waals surface area contributed by atoms with Crippen LogP contribution in [0.25, 0.3) is 0 Å². The molecule has 122 valence electrons. The van der Waals surface area contributed by atoms with Crippen molar-refractivity contribution in [3.8, 4) is 11.5 Å². The van der Waals surface area contributed by atoms with Crippen molar-refractivity contribution in [3.63, 3.8) is 0 Å². The molecule has 1 aromatic rings. The summed E-state index contributed by atoms with van der Waals surface area (Å²) in [6.07, 6.45) is 0. The van der Waals surface area contributed by atoms with Crippen LogP contribution in [0.2, 0.25) is 0 Å². The molecule has 6 heteroatoms. The first-order valence-electron chi connectivity index (χ1n) is 6.83. The molecule has 0 aliphatic carbocycles. The minimum absolute atomic E-state index is 0.169. The lowest BCUT2D eigenvalue weighted by Crippen LogP contribution is -2.28. The number of alkyl halides is 1. The number of carbonyl (C=O) groups is 2. The summed E-state index contributed by atoms with van der Waals surface area (Å²) in [5.74, 6) is 0.170. The van der Waals surface area contributed by atoms with Gasteiger partial charge in [-0.3, -0.25) is 4.79 Å². The maximum Gasteiger partial charge on any atom is 0.344 e. The van der Waals surface area contributed by atoms with Crippen molar-refractivity contribution in [2.75, 3.05) is 6.61 Å². The molecule has 0 atom stereocenters. The van der Waals surface area contributed by atoms with Crippen LogP contribution in [0.15, 0.2) is 24.3 Å². The van der Waals surface area contributed by atoms with E-state index < -0.39 is 15.0 Å². The molecule has 0 radical (unpaired) electrons. The fourth-order valence-electron chi connectivity index (χ4n) is 1.35. The van der Waals surface area contributed by atoms with Gasteiger partial charge in [-0.2, -0.15) is 0 Å². The first-order valence-corrected chi connectivity index (χ1v) is 7.91. The molecule has 0 aromatic heterocycles. The van der Waals surface area contributed by atoms with Crippen LogP contribution in [0.4, 0.5) is 0 Å². The van der Waals surface area contributed by atoms with Gasteiger partial charge in [0.15, 0.2) is 6.61 Å². The van der Waals surface area contributed by atoms with Gasteiger partial charge in [0.05, 0.1) is 0 Å². The van der Waals surface area contributed by atoms with E-state index in [1.807, 2.05) is 22.6 Å². The molecule has 0 unspecified atom stereocenters. The van der Waals surface area contributed by atoms with Gasteiger partial charge in [0.1, 0.15) is 20.5 Å². The van der Waals surface area contributed by atoms with Crippen LogP contribution in [0.1, 0.15) is 34.6 Å². The molecular formula is C16H21IO5. The molecule has 22 heavy (non-hydrogen) atoms. The van der Waals surface area contributed by atoms with Crippen molar-refractivity contribution < 1.29 is 23.8 Å². The first kappa shape index (κ1) is 18.7. The normalized spacial score (nSPS) is 11.7. The Balaban J connectivity index is 2.52. The van der Waals surface area contributed by atoms with E-state index in [-0.39, 0.29) is 12.6 Å². The molecule has 0 saturated carbocycles. The van der Waals surface area contributed by atoms with E-state index in [0.717, 1.165) is 0 Å². The zero-order valence-corrected chi connectivity index (χ0v) is 15.6. The monoisotopic (exact) mass is 420 g/mol. The Hall–Kier alpha value is -1.31. The molecular weight excluding hydrogens is 399 g/mol. The topological polar surface area (TPSA) is 61.8 Å². The highest BCUT2D eigenvalue weighted by Gasteiger charge is 2.25. The summed E-state index contributed by atoms with van der Waals surface area (Å²) in [4.78, 5) is 23.3. The Kier molecular flexibility index (Phi) is 6.22. The van der Waals surface area contributed by atoms with Crippen LogP contribution in [0, 0.1) is 0 Å². The summed E-state index contributed by atoms with van der Waals surface area (Å²) in [5.41, 5.74) is -0.537. The summed E-state index contributed by atoms with van der Waals surface area (Å²) in [5, 5.41) is 0. The fraction of sp³-hybridized carbons (Fsp3) is 0.500. The zero-order valence-electron chi connectivity index (χ0n) is 13.4. The predicted octanol–water partition coefficient (Wildman–Crippen LogP) is 3.53. The molecule has 0 heterocycles. The maximum absolute atomic E-state index is 11.7. The number of rotatable bonds is 5. The lowest BCUT2D eigenvalue weighted by Gasteiger charge is -2.19. The van der Waals surface area contributed by atoms with Gasteiger partial charge in [-0.15, -0.1) is 0 Å². The van der Waals surface area contributed by atoms with E-state index in [9.17, 15) is 9.59 Å². The summed E-state index contributed by atoms with van der Waals surface area (Å²) in [7, 11) is 0. The molecule has 1 rings (SSSR count). The summed E-state index contributed by atoms with van der Waals surface area (Å²) in [6, 6.07) is 6.50. The SMILES string of the molecule is CC(C)(C)OC(=O)COc1ccc(OC(=O)C(C)(C)I)cc1. The number of benzene rings is 1. The van der Waals surface area contributed by atoms with Crippen LogP contribution in [0.3, 0.4) is 0 Å². The number of ether oxygens (including phenoxy) is 3. The number of carbonyl (C=O) groups excluding carboxylic acids is 2. The molecule has 1 aromatic carbocycles. The van der Waals surface area contributed by atoms with E-state index in [1.54, 1.807) is 58.9 Å². The van der Waals surface area contributed by atoms with Crippen molar-refractivity contribution in [2.24, 2.45) is 0 Å². The van der Waals surface area contributed by atoms with Gasteiger partial charge >= 0.3 is 11.9 Å². The van der Waals surface area contributed by atoms with Gasteiger partial charge in [-0.1, -0.05) is 22.6 Å². The van der Waals surface area contributed by atoms with Gasteiger partial charge in [0.2, 0.25) is 0 Å². The Labute approximate surface area is 144 Å². The van der Waals surface area contributed by atoms with E-state index >= 15 is 0 Å². The van der Waals surface area contributed by atoms with E-state index in [1.165, 1.54) is 0 Å². The smallest absolute Gasteiger partial charge is 0.344 e.